The van der Waals surface area contributed by atoms with Crippen molar-refractivity contribution in [2.24, 2.45) is 0 Å². The van der Waals surface area contributed by atoms with Gasteiger partial charge in [0.1, 0.15) is 0 Å². The van der Waals surface area contributed by atoms with Crippen LogP contribution in [-0.4, -0.2) is 28.1 Å². The third kappa shape index (κ3) is 2.29. The molecule has 0 saturated carbocycles. The van der Waals surface area contributed by atoms with Gasteiger partial charge in [-0.05, 0) is 11.6 Å². The van der Waals surface area contributed by atoms with Crippen LogP contribution in [0.2, 0.25) is 0 Å². The molecule has 0 amide bonds. The smallest absolute Gasteiger partial charge is 0.360 e. The average Bonchev–Trinajstić information content (AvgIpc) is 2.81. The monoisotopic (exact) mass is 243 g/mol. The van der Waals surface area contributed by atoms with Crippen LogP contribution in [-0.2, 0) is 11.3 Å². The van der Waals surface area contributed by atoms with Crippen LogP contribution in [0.5, 0.6) is 0 Å². The predicted octanol–water partition coefficient (Wildman–Crippen LogP) is 1.76. The molecular weight excluding hydrogens is 230 g/mol. The minimum atomic E-state index is -0.510. The molecule has 0 bridgehead atoms. The highest BCUT2D eigenvalue weighted by Gasteiger charge is 2.17. The third-order valence-electron chi connectivity index (χ3n) is 2.52. The summed E-state index contributed by atoms with van der Waals surface area (Å²) in [4.78, 5) is 11.5. The molecule has 5 heteroatoms. The number of carbonyl (C=O) groups is 1. The van der Waals surface area contributed by atoms with Crippen molar-refractivity contribution in [1.82, 2.24) is 15.0 Å². The molecule has 0 fully saturated rings. The molecule has 0 unspecified atom stereocenters. The molecule has 1 aromatic heterocycles. The number of hydrogen-bond acceptors (Lipinski definition) is 4. The van der Waals surface area contributed by atoms with Crippen LogP contribution in [0.25, 0.3) is 6.08 Å². The molecule has 0 aliphatic carbocycles. The minimum Gasteiger partial charge on any atom is -0.464 e. The minimum absolute atomic E-state index is 0.184. The zero-order valence-corrected chi connectivity index (χ0v) is 10.0. The van der Waals surface area contributed by atoms with Gasteiger partial charge in [-0.1, -0.05) is 42.1 Å². The Hall–Kier alpha value is -2.43. The van der Waals surface area contributed by atoms with Crippen LogP contribution in [0.1, 0.15) is 21.7 Å². The highest BCUT2D eigenvalue weighted by atomic mass is 16.5. The zero-order valence-electron chi connectivity index (χ0n) is 10.0. The van der Waals surface area contributed by atoms with E-state index in [9.17, 15) is 4.79 Å². The standard InChI is InChI=1S/C13H13N3O2/c1-3-11-12(13(17)18-2)14-15-16(11)9-10-7-5-4-6-8-10/h3-8H,1,9H2,2H3. The number of methoxy groups -OCH3 is 1. The van der Waals surface area contributed by atoms with Gasteiger partial charge in [0.05, 0.1) is 19.3 Å². The fourth-order valence-electron chi connectivity index (χ4n) is 1.64. The number of esters is 1. The summed E-state index contributed by atoms with van der Waals surface area (Å²) in [6.07, 6.45) is 1.55. The van der Waals surface area contributed by atoms with Crippen LogP contribution < -0.4 is 0 Å². The number of ether oxygens (including phenoxy) is 1. The molecule has 0 spiro atoms. The number of aromatic nitrogens is 3. The summed E-state index contributed by atoms with van der Waals surface area (Å²) in [6.45, 7) is 4.21. The summed E-state index contributed by atoms with van der Waals surface area (Å²) < 4.78 is 6.26. The van der Waals surface area contributed by atoms with E-state index in [4.69, 9.17) is 0 Å². The SMILES string of the molecule is C=Cc1c(C(=O)OC)nnn1Cc1ccccc1. The fraction of sp³-hybridized carbons (Fsp3) is 0.154. The Bertz CT molecular complexity index is 561. The molecule has 92 valence electrons. The van der Waals surface area contributed by atoms with Gasteiger partial charge in [0.25, 0.3) is 0 Å². The van der Waals surface area contributed by atoms with E-state index in [1.165, 1.54) is 7.11 Å². The van der Waals surface area contributed by atoms with Gasteiger partial charge >= 0.3 is 5.97 Å². The van der Waals surface area contributed by atoms with Gasteiger partial charge in [-0.3, -0.25) is 0 Å². The molecule has 0 atom stereocenters. The molecular formula is C13H13N3O2. The lowest BCUT2D eigenvalue weighted by Crippen LogP contribution is -2.07. The van der Waals surface area contributed by atoms with Crippen LogP contribution in [0.3, 0.4) is 0 Å². The van der Waals surface area contributed by atoms with Crippen molar-refractivity contribution < 1.29 is 9.53 Å². The Morgan fingerprint density at radius 2 is 2.17 bits per heavy atom. The summed E-state index contributed by atoms with van der Waals surface area (Å²) >= 11 is 0. The summed E-state index contributed by atoms with van der Waals surface area (Å²) in [5.41, 5.74) is 1.82. The lowest BCUT2D eigenvalue weighted by atomic mass is 10.2. The van der Waals surface area contributed by atoms with Crippen LogP contribution >= 0.6 is 0 Å². The van der Waals surface area contributed by atoms with E-state index in [0.717, 1.165) is 5.56 Å². The second kappa shape index (κ2) is 5.27. The Morgan fingerprint density at radius 1 is 1.44 bits per heavy atom. The molecule has 2 aromatic rings. The largest absolute Gasteiger partial charge is 0.464 e. The maximum Gasteiger partial charge on any atom is 0.360 e. The summed E-state index contributed by atoms with van der Waals surface area (Å²) in [5, 5.41) is 7.77. The van der Waals surface area contributed by atoms with E-state index in [1.54, 1.807) is 10.8 Å². The fourth-order valence-corrected chi connectivity index (χ4v) is 1.64. The Labute approximate surface area is 105 Å². The van der Waals surface area contributed by atoms with Crippen molar-refractivity contribution in [3.05, 3.63) is 53.9 Å². The second-order valence-electron chi connectivity index (χ2n) is 3.66. The summed E-state index contributed by atoms with van der Waals surface area (Å²) in [6, 6.07) is 9.79. The van der Waals surface area contributed by atoms with Crippen molar-refractivity contribution in [2.75, 3.05) is 7.11 Å². The lowest BCUT2D eigenvalue weighted by Gasteiger charge is -2.03. The Kier molecular flexibility index (Phi) is 3.52. The van der Waals surface area contributed by atoms with E-state index in [0.29, 0.717) is 12.2 Å². The van der Waals surface area contributed by atoms with Gasteiger partial charge < -0.3 is 4.74 Å². The molecule has 1 aromatic carbocycles. The molecule has 2 rings (SSSR count). The Balaban J connectivity index is 2.32. The first kappa shape index (κ1) is 12.0. The lowest BCUT2D eigenvalue weighted by molar-refractivity contribution is 0.0593. The van der Waals surface area contributed by atoms with Gasteiger partial charge in [-0.2, -0.15) is 0 Å². The second-order valence-corrected chi connectivity index (χ2v) is 3.66. The van der Waals surface area contributed by atoms with Gasteiger partial charge in [0.15, 0.2) is 5.69 Å². The molecule has 0 aliphatic rings. The molecule has 5 nitrogen and oxygen atoms in total. The summed E-state index contributed by atoms with van der Waals surface area (Å²) in [7, 11) is 1.31. The molecule has 0 radical (unpaired) electrons. The predicted molar refractivity (Wildman–Crippen MR) is 67.0 cm³/mol. The molecule has 0 saturated heterocycles. The summed E-state index contributed by atoms with van der Waals surface area (Å²) in [5.74, 6) is -0.510. The van der Waals surface area contributed by atoms with E-state index in [1.807, 2.05) is 30.3 Å². The van der Waals surface area contributed by atoms with E-state index >= 15 is 0 Å². The average molecular weight is 243 g/mol. The van der Waals surface area contributed by atoms with Crippen molar-refractivity contribution in [2.45, 2.75) is 6.54 Å². The van der Waals surface area contributed by atoms with Gasteiger partial charge in [-0.15, -0.1) is 5.10 Å². The van der Waals surface area contributed by atoms with Crippen molar-refractivity contribution in [3.63, 3.8) is 0 Å². The number of hydrogen-bond donors (Lipinski definition) is 0. The van der Waals surface area contributed by atoms with Gasteiger partial charge in [-0.25, -0.2) is 9.48 Å². The molecule has 18 heavy (non-hydrogen) atoms. The normalized spacial score (nSPS) is 10.1. The zero-order chi connectivity index (χ0) is 13.0. The number of carbonyl (C=O) groups excluding carboxylic acids is 1. The van der Waals surface area contributed by atoms with Crippen LogP contribution in [0, 0.1) is 0 Å². The van der Waals surface area contributed by atoms with Crippen molar-refractivity contribution >= 4 is 12.0 Å². The first-order chi connectivity index (χ1) is 8.76. The molecule has 0 N–H and O–H groups in total. The molecule has 0 aliphatic heterocycles. The third-order valence-corrected chi connectivity index (χ3v) is 2.52. The maximum absolute atomic E-state index is 11.5. The first-order valence-corrected chi connectivity index (χ1v) is 5.44. The maximum atomic E-state index is 11.5. The van der Waals surface area contributed by atoms with Crippen LogP contribution in [0.4, 0.5) is 0 Å². The highest BCUT2D eigenvalue weighted by molar-refractivity contribution is 5.90. The highest BCUT2D eigenvalue weighted by Crippen LogP contribution is 2.11. The molecule has 1 heterocycles. The quantitative estimate of drug-likeness (QED) is 0.768. The van der Waals surface area contributed by atoms with Crippen molar-refractivity contribution in [1.29, 1.82) is 0 Å². The van der Waals surface area contributed by atoms with Crippen molar-refractivity contribution in [3.8, 4) is 0 Å². The van der Waals surface area contributed by atoms with Crippen LogP contribution in [0.15, 0.2) is 36.9 Å². The van der Waals surface area contributed by atoms with Gasteiger partial charge in [0.2, 0.25) is 0 Å². The number of rotatable bonds is 4. The number of nitrogens with zero attached hydrogens (tertiary/aromatic N) is 3. The van der Waals surface area contributed by atoms with E-state index < -0.39 is 5.97 Å². The first-order valence-electron chi connectivity index (χ1n) is 5.44. The van der Waals surface area contributed by atoms with E-state index in [-0.39, 0.29) is 5.69 Å². The van der Waals surface area contributed by atoms with Gasteiger partial charge in [0, 0.05) is 0 Å². The van der Waals surface area contributed by atoms with E-state index in [2.05, 4.69) is 21.6 Å². The topological polar surface area (TPSA) is 57.0 Å². The number of benzene rings is 1. The Morgan fingerprint density at radius 3 is 2.78 bits per heavy atom.